The maximum absolute atomic E-state index is 12.6. The molecule has 21 heavy (non-hydrogen) atoms. The molecule has 4 N–H and O–H groups in total. The van der Waals surface area contributed by atoms with Gasteiger partial charge in [-0.05, 0) is 32.1 Å². The maximum Gasteiger partial charge on any atom is 0.267 e. The number of hydrogen-bond acceptors (Lipinski definition) is 6. The van der Waals surface area contributed by atoms with Crippen LogP contribution < -0.4 is 16.4 Å². The van der Waals surface area contributed by atoms with Gasteiger partial charge in [0.1, 0.15) is 10.7 Å². The minimum atomic E-state index is 0.0140. The van der Waals surface area contributed by atoms with Gasteiger partial charge >= 0.3 is 0 Å². The molecule has 0 unspecified atom stereocenters. The molecule has 0 atom stereocenters. The molecule has 3 heterocycles. The van der Waals surface area contributed by atoms with Crippen molar-refractivity contribution in [3.8, 4) is 0 Å². The number of carbonyl (C=O) groups excluding carboxylic acids is 1. The Hall–Kier alpha value is -1.34. The van der Waals surface area contributed by atoms with Gasteiger partial charge in [0, 0.05) is 32.2 Å². The molecule has 1 amide bonds. The summed E-state index contributed by atoms with van der Waals surface area (Å²) in [7, 11) is 0. The molecule has 1 aromatic heterocycles. The first-order chi connectivity index (χ1) is 10.1. The average molecular weight is 309 g/mol. The quantitative estimate of drug-likeness (QED) is 0.859. The van der Waals surface area contributed by atoms with Crippen molar-refractivity contribution in [3.05, 3.63) is 4.88 Å². The van der Waals surface area contributed by atoms with Gasteiger partial charge < -0.3 is 21.3 Å². The Morgan fingerprint density at radius 2 is 1.81 bits per heavy atom. The number of hydrogen-bond donors (Lipinski definition) is 2. The summed E-state index contributed by atoms with van der Waals surface area (Å²) >= 11 is 1.44. The van der Waals surface area contributed by atoms with E-state index in [1.807, 2.05) is 4.90 Å². The van der Waals surface area contributed by atoms with E-state index in [0.717, 1.165) is 44.2 Å². The summed E-state index contributed by atoms with van der Waals surface area (Å²) in [6.07, 6.45) is 5.38. The molecule has 2 aliphatic rings. The third-order valence-electron chi connectivity index (χ3n) is 4.29. The Morgan fingerprint density at radius 1 is 1.14 bits per heavy atom. The average Bonchev–Trinajstić information content (AvgIpc) is 2.90. The lowest BCUT2D eigenvalue weighted by molar-refractivity contribution is 0.0720. The number of nitrogen functional groups attached to an aromatic ring is 1. The molecule has 0 aliphatic carbocycles. The predicted octanol–water partition coefficient (Wildman–Crippen LogP) is 1.28. The molecular weight excluding hydrogens is 286 g/mol. The fourth-order valence-corrected chi connectivity index (χ4v) is 3.94. The largest absolute Gasteiger partial charge is 0.382 e. The number of nitrogens with two attached hydrogens (primary N) is 2. The summed E-state index contributed by atoms with van der Waals surface area (Å²) in [5.74, 6) is 0.389. The van der Waals surface area contributed by atoms with Crippen LogP contribution in [-0.4, -0.2) is 48.0 Å². The van der Waals surface area contributed by atoms with Crippen LogP contribution in [0.2, 0.25) is 0 Å². The van der Waals surface area contributed by atoms with Crippen LogP contribution in [0, 0.1) is 0 Å². The lowest BCUT2D eigenvalue weighted by atomic mass is 10.1. The highest BCUT2D eigenvalue weighted by Crippen LogP contribution is 2.31. The minimum Gasteiger partial charge on any atom is -0.382 e. The number of carbonyl (C=O) groups is 1. The third kappa shape index (κ3) is 3.13. The van der Waals surface area contributed by atoms with E-state index in [1.165, 1.54) is 30.6 Å². The van der Waals surface area contributed by atoms with Crippen molar-refractivity contribution in [1.82, 2.24) is 9.88 Å². The molecule has 0 saturated carbocycles. The second kappa shape index (κ2) is 6.19. The minimum absolute atomic E-state index is 0.0140. The lowest BCUT2D eigenvalue weighted by Crippen LogP contribution is -2.42. The number of anilines is 2. The van der Waals surface area contributed by atoms with Gasteiger partial charge in [-0.15, -0.1) is 0 Å². The second-order valence-corrected chi connectivity index (χ2v) is 6.87. The molecule has 2 aliphatic heterocycles. The molecule has 0 bridgehead atoms. The Bertz CT molecular complexity index is 503. The van der Waals surface area contributed by atoms with Gasteiger partial charge in [0.15, 0.2) is 5.13 Å². The van der Waals surface area contributed by atoms with Gasteiger partial charge in [0.05, 0.1) is 0 Å². The monoisotopic (exact) mass is 309 g/mol. The first-order valence-electron chi connectivity index (χ1n) is 7.71. The standard InChI is InChI=1S/C14H23N5OS/c15-10-4-8-18(9-5-10)13(20)11-12(16)17-14(21-11)19-6-2-1-3-7-19/h10H,1-9,15-16H2. The van der Waals surface area contributed by atoms with Gasteiger partial charge in [-0.25, -0.2) is 4.98 Å². The molecule has 0 aromatic carbocycles. The third-order valence-corrected chi connectivity index (χ3v) is 5.41. The number of likely N-dealkylation sites (tertiary alicyclic amines) is 1. The summed E-state index contributed by atoms with van der Waals surface area (Å²) in [6, 6.07) is 0.219. The summed E-state index contributed by atoms with van der Waals surface area (Å²) in [4.78, 5) is 21.7. The zero-order valence-electron chi connectivity index (χ0n) is 12.3. The number of rotatable bonds is 2. The highest BCUT2D eigenvalue weighted by atomic mass is 32.1. The molecule has 116 valence electrons. The summed E-state index contributed by atoms with van der Waals surface area (Å²) in [5.41, 5.74) is 11.9. The smallest absolute Gasteiger partial charge is 0.267 e. The number of nitrogens with zero attached hydrogens (tertiary/aromatic N) is 3. The zero-order valence-corrected chi connectivity index (χ0v) is 13.1. The summed E-state index contributed by atoms with van der Waals surface area (Å²) in [5, 5.41) is 0.893. The van der Waals surface area contributed by atoms with E-state index >= 15 is 0 Å². The Balaban J connectivity index is 1.72. The topological polar surface area (TPSA) is 88.5 Å². The maximum atomic E-state index is 12.6. The Kier molecular flexibility index (Phi) is 4.30. The predicted molar refractivity (Wildman–Crippen MR) is 85.7 cm³/mol. The highest BCUT2D eigenvalue weighted by Gasteiger charge is 2.27. The fourth-order valence-electron chi connectivity index (χ4n) is 2.94. The zero-order chi connectivity index (χ0) is 14.8. The number of amides is 1. The van der Waals surface area contributed by atoms with Crippen molar-refractivity contribution >= 4 is 28.2 Å². The van der Waals surface area contributed by atoms with E-state index in [9.17, 15) is 4.79 Å². The first kappa shape index (κ1) is 14.6. The Labute approximate surface area is 129 Å². The number of aromatic nitrogens is 1. The van der Waals surface area contributed by atoms with Gasteiger partial charge in [-0.2, -0.15) is 0 Å². The van der Waals surface area contributed by atoms with E-state index in [4.69, 9.17) is 11.5 Å². The van der Waals surface area contributed by atoms with Crippen LogP contribution in [0.3, 0.4) is 0 Å². The molecule has 0 radical (unpaired) electrons. The van der Waals surface area contributed by atoms with Gasteiger partial charge in [0.2, 0.25) is 0 Å². The summed E-state index contributed by atoms with van der Waals surface area (Å²) < 4.78 is 0. The van der Waals surface area contributed by atoms with Crippen molar-refractivity contribution in [2.24, 2.45) is 5.73 Å². The van der Waals surface area contributed by atoms with Crippen molar-refractivity contribution in [1.29, 1.82) is 0 Å². The molecular formula is C14H23N5OS. The van der Waals surface area contributed by atoms with Gasteiger partial charge in [-0.3, -0.25) is 4.79 Å². The number of piperidine rings is 2. The van der Waals surface area contributed by atoms with Gasteiger partial charge in [0.25, 0.3) is 5.91 Å². The van der Waals surface area contributed by atoms with E-state index in [0.29, 0.717) is 10.7 Å². The fraction of sp³-hybridized carbons (Fsp3) is 0.714. The van der Waals surface area contributed by atoms with E-state index in [1.54, 1.807) is 0 Å². The molecule has 7 heteroatoms. The van der Waals surface area contributed by atoms with E-state index in [-0.39, 0.29) is 11.9 Å². The van der Waals surface area contributed by atoms with Crippen LogP contribution in [0.4, 0.5) is 10.9 Å². The molecule has 2 saturated heterocycles. The van der Waals surface area contributed by atoms with Crippen LogP contribution in [0.1, 0.15) is 41.8 Å². The van der Waals surface area contributed by atoms with Crippen molar-refractivity contribution in [2.45, 2.75) is 38.1 Å². The molecule has 3 rings (SSSR count). The molecule has 0 spiro atoms. The van der Waals surface area contributed by atoms with Crippen LogP contribution >= 0.6 is 11.3 Å². The SMILES string of the molecule is Nc1nc(N2CCCCC2)sc1C(=O)N1CCC(N)CC1. The lowest BCUT2D eigenvalue weighted by Gasteiger charge is -2.29. The van der Waals surface area contributed by atoms with Crippen LogP contribution in [0.25, 0.3) is 0 Å². The van der Waals surface area contributed by atoms with Crippen molar-refractivity contribution < 1.29 is 4.79 Å². The second-order valence-electron chi connectivity index (χ2n) is 5.89. The van der Waals surface area contributed by atoms with E-state index in [2.05, 4.69) is 9.88 Å². The Morgan fingerprint density at radius 3 is 2.48 bits per heavy atom. The summed E-state index contributed by atoms with van der Waals surface area (Å²) in [6.45, 7) is 3.46. The first-order valence-corrected chi connectivity index (χ1v) is 8.53. The molecule has 1 aromatic rings. The molecule has 2 fully saturated rings. The number of thiazole rings is 1. The van der Waals surface area contributed by atoms with E-state index < -0.39 is 0 Å². The van der Waals surface area contributed by atoms with Crippen LogP contribution in [-0.2, 0) is 0 Å². The van der Waals surface area contributed by atoms with Crippen molar-refractivity contribution in [3.63, 3.8) is 0 Å². The molecule has 6 nitrogen and oxygen atoms in total. The van der Waals surface area contributed by atoms with Crippen LogP contribution in [0.15, 0.2) is 0 Å². The highest BCUT2D eigenvalue weighted by molar-refractivity contribution is 7.18. The van der Waals surface area contributed by atoms with Crippen LogP contribution in [0.5, 0.6) is 0 Å². The van der Waals surface area contributed by atoms with Gasteiger partial charge in [-0.1, -0.05) is 11.3 Å². The normalized spacial score (nSPS) is 20.8. The van der Waals surface area contributed by atoms with Crippen molar-refractivity contribution in [2.75, 3.05) is 36.8 Å².